The van der Waals surface area contributed by atoms with Crippen molar-refractivity contribution in [1.29, 1.82) is 0 Å². The van der Waals surface area contributed by atoms with Gasteiger partial charge in [-0.3, -0.25) is 4.31 Å². The first kappa shape index (κ1) is 16.8. The second-order valence-corrected chi connectivity index (χ2v) is 7.07. The van der Waals surface area contributed by atoms with E-state index in [0.717, 1.165) is 0 Å². The number of sulfonamides is 1. The maximum atomic E-state index is 12.2. The summed E-state index contributed by atoms with van der Waals surface area (Å²) in [5.74, 6) is 0.770. The van der Waals surface area contributed by atoms with Gasteiger partial charge in [0.1, 0.15) is 5.75 Å². The fraction of sp³-hybridized carbons (Fsp3) is 0.571. The lowest BCUT2D eigenvalue weighted by Crippen LogP contribution is -2.31. The maximum Gasteiger partial charge on any atom is 0.234 e. The van der Waals surface area contributed by atoms with Gasteiger partial charge in [-0.15, -0.1) is 0 Å². The second kappa shape index (κ2) is 7.50. The number of methoxy groups -OCH3 is 1. The quantitative estimate of drug-likeness (QED) is 0.744. The highest BCUT2D eigenvalue weighted by molar-refractivity contribution is 7.92. The van der Waals surface area contributed by atoms with E-state index in [-0.39, 0.29) is 5.75 Å². The van der Waals surface area contributed by atoms with Crippen molar-refractivity contribution >= 4 is 15.7 Å². The van der Waals surface area contributed by atoms with Crippen LogP contribution < -0.4 is 14.4 Å². The third-order valence-corrected chi connectivity index (χ3v) is 4.82. The highest BCUT2D eigenvalue weighted by Gasteiger charge is 2.18. The van der Waals surface area contributed by atoms with Gasteiger partial charge in [0.05, 0.1) is 18.6 Å². The minimum absolute atomic E-state index is 0.125. The molecule has 6 heteroatoms. The van der Waals surface area contributed by atoms with E-state index in [9.17, 15) is 8.42 Å². The van der Waals surface area contributed by atoms with E-state index in [1.807, 2.05) is 13.8 Å². The molecule has 114 valence electrons. The second-order valence-electron chi connectivity index (χ2n) is 4.95. The highest BCUT2D eigenvalue weighted by atomic mass is 32.2. The SMILES string of the molecule is COc1cccc(N(C)S(=O)(=O)CCCNC(C)C)c1. The van der Waals surface area contributed by atoms with Gasteiger partial charge in [0.15, 0.2) is 0 Å². The van der Waals surface area contributed by atoms with E-state index in [1.165, 1.54) is 4.31 Å². The van der Waals surface area contributed by atoms with Gasteiger partial charge < -0.3 is 10.1 Å². The Labute approximate surface area is 122 Å². The summed E-state index contributed by atoms with van der Waals surface area (Å²) >= 11 is 0. The Morgan fingerprint density at radius 2 is 2.05 bits per heavy atom. The van der Waals surface area contributed by atoms with E-state index >= 15 is 0 Å². The van der Waals surface area contributed by atoms with Gasteiger partial charge >= 0.3 is 0 Å². The van der Waals surface area contributed by atoms with E-state index < -0.39 is 10.0 Å². The fourth-order valence-corrected chi connectivity index (χ4v) is 2.97. The topological polar surface area (TPSA) is 58.6 Å². The monoisotopic (exact) mass is 300 g/mol. The molecule has 5 nitrogen and oxygen atoms in total. The molecular weight excluding hydrogens is 276 g/mol. The fourth-order valence-electron chi connectivity index (χ4n) is 1.75. The number of anilines is 1. The van der Waals surface area contributed by atoms with Crippen LogP contribution >= 0.6 is 0 Å². The molecular formula is C14H24N2O3S. The lowest BCUT2D eigenvalue weighted by atomic mass is 10.3. The molecule has 0 amide bonds. The molecule has 1 rings (SSSR count). The third-order valence-electron chi connectivity index (χ3n) is 2.97. The molecule has 1 aromatic carbocycles. The molecule has 1 N–H and O–H groups in total. The van der Waals surface area contributed by atoms with Gasteiger partial charge in [0.25, 0.3) is 0 Å². The zero-order chi connectivity index (χ0) is 15.2. The molecule has 0 saturated heterocycles. The predicted octanol–water partition coefficient (Wildman–Crippen LogP) is 1.85. The Morgan fingerprint density at radius 1 is 1.35 bits per heavy atom. The minimum atomic E-state index is -3.30. The Hall–Kier alpha value is -1.27. The van der Waals surface area contributed by atoms with Crippen LogP contribution in [0.25, 0.3) is 0 Å². The average Bonchev–Trinajstić information content (AvgIpc) is 2.42. The van der Waals surface area contributed by atoms with Crippen molar-refractivity contribution in [2.75, 3.05) is 30.8 Å². The van der Waals surface area contributed by atoms with Crippen LogP contribution in [0.1, 0.15) is 20.3 Å². The van der Waals surface area contributed by atoms with Gasteiger partial charge in [-0.25, -0.2) is 8.42 Å². The van der Waals surface area contributed by atoms with Gasteiger partial charge in [-0.2, -0.15) is 0 Å². The summed E-state index contributed by atoms with van der Waals surface area (Å²) in [6.45, 7) is 4.77. The largest absolute Gasteiger partial charge is 0.497 e. The lowest BCUT2D eigenvalue weighted by Gasteiger charge is -2.20. The Morgan fingerprint density at radius 3 is 2.65 bits per heavy atom. The Bertz CT molecular complexity index is 515. The van der Waals surface area contributed by atoms with E-state index in [0.29, 0.717) is 30.4 Å². The molecule has 0 bridgehead atoms. The smallest absolute Gasteiger partial charge is 0.234 e. The number of nitrogens with zero attached hydrogens (tertiary/aromatic N) is 1. The van der Waals surface area contributed by atoms with Gasteiger partial charge in [-0.05, 0) is 25.1 Å². The number of nitrogens with one attached hydrogen (secondary N) is 1. The number of benzene rings is 1. The van der Waals surface area contributed by atoms with Gasteiger partial charge in [0, 0.05) is 19.2 Å². The first-order valence-corrected chi connectivity index (χ1v) is 8.32. The van der Waals surface area contributed by atoms with Crippen molar-refractivity contribution in [3.8, 4) is 5.75 Å². The normalized spacial score (nSPS) is 11.7. The van der Waals surface area contributed by atoms with Crippen LogP contribution in [-0.2, 0) is 10.0 Å². The van der Waals surface area contributed by atoms with Crippen molar-refractivity contribution in [2.24, 2.45) is 0 Å². The summed E-state index contributed by atoms with van der Waals surface area (Å²) in [7, 11) is -0.168. The summed E-state index contributed by atoms with van der Waals surface area (Å²) in [5, 5.41) is 3.21. The standard InChI is InChI=1S/C14H24N2O3S/c1-12(2)15-9-6-10-20(17,18)16(3)13-7-5-8-14(11-13)19-4/h5,7-8,11-12,15H,6,9-10H2,1-4H3. The van der Waals surface area contributed by atoms with Crippen LogP contribution in [0, 0.1) is 0 Å². The zero-order valence-electron chi connectivity index (χ0n) is 12.6. The van der Waals surface area contributed by atoms with Gasteiger partial charge in [0.2, 0.25) is 10.0 Å². The van der Waals surface area contributed by atoms with Crippen molar-refractivity contribution in [3.63, 3.8) is 0 Å². The zero-order valence-corrected chi connectivity index (χ0v) is 13.4. The minimum Gasteiger partial charge on any atom is -0.497 e. The van der Waals surface area contributed by atoms with Crippen LogP contribution in [-0.4, -0.2) is 40.9 Å². The summed E-state index contributed by atoms with van der Waals surface area (Å²) in [6, 6.07) is 7.40. The van der Waals surface area contributed by atoms with Crippen LogP contribution in [0.5, 0.6) is 5.75 Å². The van der Waals surface area contributed by atoms with Gasteiger partial charge in [-0.1, -0.05) is 19.9 Å². The molecule has 1 aromatic rings. The molecule has 0 spiro atoms. The number of hydrogen-bond acceptors (Lipinski definition) is 4. The Kier molecular flexibility index (Phi) is 6.29. The molecule has 0 radical (unpaired) electrons. The summed E-state index contributed by atoms with van der Waals surface area (Å²) < 4.78 is 30.9. The summed E-state index contributed by atoms with van der Waals surface area (Å²) in [6.07, 6.45) is 0.592. The average molecular weight is 300 g/mol. The van der Waals surface area contributed by atoms with Crippen LogP contribution in [0.3, 0.4) is 0 Å². The van der Waals surface area contributed by atoms with E-state index in [4.69, 9.17) is 4.74 Å². The molecule has 0 aliphatic carbocycles. The lowest BCUT2D eigenvalue weighted by molar-refractivity contribution is 0.415. The van der Waals surface area contributed by atoms with Crippen LogP contribution in [0.4, 0.5) is 5.69 Å². The molecule has 0 aromatic heterocycles. The van der Waals surface area contributed by atoms with Crippen molar-refractivity contribution in [2.45, 2.75) is 26.3 Å². The maximum absolute atomic E-state index is 12.2. The van der Waals surface area contributed by atoms with Crippen LogP contribution in [0.2, 0.25) is 0 Å². The van der Waals surface area contributed by atoms with E-state index in [2.05, 4.69) is 5.32 Å². The van der Waals surface area contributed by atoms with Crippen molar-refractivity contribution in [1.82, 2.24) is 5.32 Å². The molecule has 0 aliphatic heterocycles. The van der Waals surface area contributed by atoms with Crippen molar-refractivity contribution < 1.29 is 13.2 Å². The molecule has 0 fully saturated rings. The van der Waals surface area contributed by atoms with Crippen molar-refractivity contribution in [3.05, 3.63) is 24.3 Å². The molecule has 0 heterocycles. The number of hydrogen-bond donors (Lipinski definition) is 1. The molecule has 0 atom stereocenters. The molecule has 20 heavy (non-hydrogen) atoms. The molecule has 0 aliphatic rings. The Balaban J connectivity index is 2.66. The molecule has 0 saturated carbocycles. The number of ether oxygens (including phenoxy) is 1. The summed E-state index contributed by atoms with van der Waals surface area (Å²) in [5.41, 5.74) is 0.612. The highest BCUT2D eigenvalue weighted by Crippen LogP contribution is 2.22. The predicted molar refractivity (Wildman–Crippen MR) is 82.9 cm³/mol. The molecule has 0 unspecified atom stereocenters. The first-order chi connectivity index (χ1) is 9.36. The summed E-state index contributed by atoms with van der Waals surface area (Å²) in [4.78, 5) is 0. The number of rotatable bonds is 8. The first-order valence-electron chi connectivity index (χ1n) is 6.71. The van der Waals surface area contributed by atoms with Crippen LogP contribution in [0.15, 0.2) is 24.3 Å². The third kappa shape index (κ3) is 5.02. The van der Waals surface area contributed by atoms with E-state index in [1.54, 1.807) is 38.4 Å².